The summed E-state index contributed by atoms with van der Waals surface area (Å²) in [5.74, 6) is -0.947. The lowest BCUT2D eigenvalue weighted by Crippen LogP contribution is -2.32. The van der Waals surface area contributed by atoms with Gasteiger partial charge in [0.25, 0.3) is 5.91 Å². The van der Waals surface area contributed by atoms with Gasteiger partial charge in [-0.2, -0.15) is 18.3 Å². The summed E-state index contributed by atoms with van der Waals surface area (Å²) in [5, 5.41) is 14.7. The Hall–Kier alpha value is -3.17. The van der Waals surface area contributed by atoms with Crippen LogP contribution in [-0.4, -0.2) is 36.6 Å². The van der Waals surface area contributed by atoms with Crippen LogP contribution < -0.4 is 5.32 Å². The number of carbonyl (C=O) groups is 1. The standard InChI is InChI=1S/C18H17F3N6O/c19-18(20,21)13-5-8-26-15(10-13)24-25-16(26)11-22-17(28)12-3-1-4-14(9-12)27-7-2-6-23-27/h1-4,6-7,9,13H,5,8,10-11H2,(H,22,28)/t13-/m0/s1. The van der Waals surface area contributed by atoms with Gasteiger partial charge in [0.1, 0.15) is 5.82 Å². The number of nitrogens with one attached hydrogen (secondary N) is 1. The molecule has 0 aliphatic carbocycles. The lowest BCUT2D eigenvalue weighted by atomic mass is 9.97. The second kappa shape index (κ2) is 7.10. The number of alkyl halides is 3. The molecule has 0 spiro atoms. The number of carbonyl (C=O) groups excluding carboxylic acids is 1. The molecule has 146 valence electrons. The molecule has 1 aromatic carbocycles. The van der Waals surface area contributed by atoms with Crippen LogP contribution in [0.15, 0.2) is 42.7 Å². The fraction of sp³-hybridized carbons (Fsp3) is 0.333. The summed E-state index contributed by atoms with van der Waals surface area (Å²) in [6, 6.07) is 8.74. The SMILES string of the molecule is O=C(NCc1nnc2n1CC[C@H](C(F)(F)F)C2)c1cccc(-n2cccn2)c1. The van der Waals surface area contributed by atoms with E-state index in [2.05, 4.69) is 20.6 Å². The smallest absolute Gasteiger partial charge is 0.345 e. The number of nitrogens with zero attached hydrogens (tertiary/aromatic N) is 5. The Morgan fingerprint density at radius 3 is 2.86 bits per heavy atom. The molecule has 3 aromatic rings. The van der Waals surface area contributed by atoms with Gasteiger partial charge in [0.2, 0.25) is 0 Å². The molecule has 0 bridgehead atoms. The van der Waals surface area contributed by atoms with Gasteiger partial charge in [0.05, 0.1) is 18.2 Å². The maximum Gasteiger partial charge on any atom is 0.392 e. The second-order valence-electron chi connectivity index (χ2n) is 6.60. The molecule has 0 saturated carbocycles. The highest BCUT2D eigenvalue weighted by atomic mass is 19.4. The number of hydrogen-bond acceptors (Lipinski definition) is 4. The molecule has 0 radical (unpaired) electrons. The zero-order valence-electron chi connectivity index (χ0n) is 14.7. The number of benzene rings is 1. The average molecular weight is 390 g/mol. The van der Waals surface area contributed by atoms with E-state index in [1.54, 1.807) is 45.9 Å². The summed E-state index contributed by atoms with van der Waals surface area (Å²) >= 11 is 0. The van der Waals surface area contributed by atoms with Crippen LogP contribution in [0, 0.1) is 5.92 Å². The van der Waals surface area contributed by atoms with Gasteiger partial charge in [-0.15, -0.1) is 10.2 Å². The van der Waals surface area contributed by atoms with Gasteiger partial charge in [-0.3, -0.25) is 4.79 Å². The predicted molar refractivity (Wildman–Crippen MR) is 92.6 cm³/mol. The van der Waals surface area contributed by atoms with Gasteiger partial charge in [-0.25, -0.2) is 4.68 Å². The molecule has 28 heavy (non-hydrogen) atoms. The Labute approximate surface area is 158 Å². The van der Waals surface area contributed by atoms with E-state index in [4.69, 9.17) is 0 Å². The molecule has 1 aliphatic heterocycles. The van der Waals surface area contributed by atoms with Crippen LogP contribution in [0.1, 0.15) is 28.4 Å². The molecule has 7 nitrogen and oxygen atoms in total. The van der Waals surface area contributed by atoms with Gasteiger partial charge in [0, 0.05) is 30.9 Å². The molecule has 10 heteroatoms. The lowest BCUT2D eigenvalue weighted by Gasteiger charge is -2.25. The third-order valence-corrected chi connectivity index (χ3v) is 4.78. The van der Waals surface area contributed by atoms with Crippen LogP contribution in [-0.2, 0) is 19.5 Å². The number of hydrogen-bond donors (Lipinski definition) is 1. The van der Waals surface area contributed by atoms with Crippen LogP contribution in [0.3, 0.4) is 0 Å². The Morgan fingerprint density at radius 2 is 2.11 bits per heavy atom. The second-order valence-corrected chi connectivity index (χ2v) is 6.60. The summed E-state index contributed by atoms with van der Waals surface area (Å²) in [6.45, 7) is 0.279. The third kappa shape index (κ3) is 3.62. The van der Waals surface area contributed by atoms with E-state index in [1.165, 1.54) is 0 Å². The van der Waals surface area contributed by atoms with Crippen molar-refractivity contribution in [1.82, 2.24) is 29.9 Å². The predicted octanol–water partition coefficient (Wildman–Crippen LogP) is 2.52. The minimum atomic E-state index is -4.23. The van der Waals surface area contributed by atoms with Crippen molar-refractivity contribution < 1.29 is 18.0 Å². The number of halogens is 3. The van der Waals surface area contributed by atoms with E-state index in [0.717, 1.165) is 5.69 Å². The first-order valence-electron chi connectivity index (χ1n) is 8.78. The Kier molecular flexibility index (Phi) is 4.62. The van der Waals surface area contributed by atoms with Gasteiger partial charge in [-0.1, -0.05) is 6.07 Å². The lowest BCUT2D eigenvalue weighted by molar-refractivity contribution is -0.179. The number of amides is 1. The van der Waals surface area contributed by atoms with Crippen molar-refractivity contribution in [3.05, 3.63) is 59.9 Å². The van der Waals surface area contributed by atoms with Crippen molar-refractivity contribution in [2.45, 2.75) is 32.1 Å². The number of aromatic nitrogens is 5. The van der Waals surface area contributed by atoms with E-state index in [0.29, 0.717) is 17.2 Å². The van der Waals surface area contributed by atoms with Gasteiger partial charge in [-0.05, 0) is 30.7 Å². The van der Waals surface area contributed by atoms with Crippen molar-refractivity contribution in [1.29, 1.82) is 0 Å². The van der Waals surface area contributed by atoms with E-state index < -0.39 is 12.1 Å². The molecule has 4 rings (SSSR count). The van der Waals surface area contributed by atoms with Gasteiger partial charge in [0.15, 0.2) is 5.82 Å². The van der Waals surface area contributed by atoms with Crippen LogP contribution in [0.5, 0.6) is 0 Å². The summed E-state index contributed by atoms with van der Waals surface area (Å²) < 4.78 is 42.0. The van der Waals surface area contributed by atoms with E-state index in [1.807, 2.05) is 6.07 Å². The van der Waals surface area contributed by atoms with Crippen molar-refractivity contribution in [3.8, 4) is 5.69 Å². The summed E-state index contributed by atoms with van der Waals surface area (Å²) in [7, 11) is 0. The van der Waals surface area contributed by atoms with E-state index >= 15 is 0 Å². The van der Waals surface area contributed by atoms with Crippen LogP contribution >= 0.6 is 0 Å². The molecule has 1 N–H and O–H groups in total. The largest absolute Gasteiger partial charge is 0.392 e. The quantitative estimate of drug-likeness (QED) is 0.743. The molecular weight excluding hydrogens is 373 g/mol. The number of rotatable bonds is 4. The van der Waals surface area contributed by atoms with E-state index in [-0.39, 0.29) is 31.8 Å². The van der Waals surface area contributed by atoms with Gasteiger partial charge >= 0.3 is 6.18 Å². The zero-order chi connectivity index (χ0) is 19.7. The van der Waals surface area contributed by atoms with Crippen molar-refractivity contribution in [2.24, 2.45) is 5.92 Å². The molecule has 0 unspecified atom stereocenters. The molecule has 0 fully saturated rings. The van der Waals surface area contributed by atoms with Gasteiger partial charge < -0.3 is 9.88 Å². The maximum atomic E-state index is 12.9. The molecule has 1 aliphatic rings. The molecule has 2 aromatic heterocycles. The molecule has 0 saturated heterocycles. The van der Waals surface area contributed by atoms with Crippen LogP contribution in [0.4, 0.5) is 13.2 Å². The zero-order valence-corrected chi connectivity index (χ0v) is 14.7. The molecule has 3 heterocycles. The third-order valence-electron chi connectivity index (χ3n) is 4.78. The number of fused-ring (bicyclic) bond motifs is 1. The highest BCUT2D eigenvalue weighted by Gasteiger charge is 2.42. The van der Waals surface area contributed by atoms with Crippen LogP contribution in [0.25, 0.3) is 5.69 Å². The highest BCUT2D eigenvalue weighted by Crippen LogP contribution is 2.34. The minimum Gasteiger partial charge on any atom is -0.345 e. The summed E-state index contributed by atoms with van der Waals surface area (Å²) in [4.78, 5) is 12.5. The van der Waals surface area contributed by atoms with E-state index in [9.17, 15) is 18.0 Å². The Morgan fingerprint density at radius 1 is 1.25 bits per heavy atom. The minimum absolute atomic E-state index is 0.0125. The highest BCUT2D eigenvalue weighted by molar-refractivity contribution is 5.94. The fourth-order valence-electron chi connectivity index (χ4n) is 3.27. The topological polar surface area (TPSA) is 77.6 Å². The summed E-state index contributed by atoms with van der Waals surface area (Å²) in [6.07, 6.45) is -1.01. The monoisotopic (exact) mass is 390 g/mol. The Balaban J connectivity index is 1.43. The first-order chi connectivity index (χ1) is 13.4. The maximum absolute atomic E-state index is 12.9. The molecule has 1 atom stereocenters. The summed E-state index contributed by atoms with van der Waals surface area (Å²) in [5.41, 5.74) is 1.19. The molecule has 1 amide bonds. The fourth-order valence-corrected chi connectivity index (χ4v) is 3.27. The van der Waals surface area contributed by atoms with Crippen LogP contribution in [0.2, 0.25) is 0 Å². The first kappa shape index (κ1) is 18.2. The first-order valence-corrected chi connectivity index (χ1v) is 8.78. The normalized spacial score (nSPS) is 16.6. The average Bonchev–Trinajstić information content (AvgIpc) is 3.35. The van der Waals surface area contributed by atoms with Crippen molar-refractivity contribution in [3.63, 3.8) is 0 Å². The van der Waals surface area contributed by atoms with Crippen molar-refractivity contribution in [2.75, 3.05) is 0 Å². The molecular formula is C18H17F3N6O. The Bertz CT molecular complexity index is 980. The van der Waals surface area contributed by atoms with Crippen molar-refractivity contribution >= 4 is 5.91 Å².